The van der Waals surface area contributed by atoms with E-state index in [9.17, 15) is 0 Å². The lowest BCUT2D eigenvalue weighted by Gasteiger charge is -2.07. The van der Waals surface area contributed by atoms with Crippen LogP contribution in [-0.4, -0.2) is 19.3 Å². The monoisotopic (exact) mass is 249 g/mol. The molecule has 0 spiro atoms. The Morgan fingerprint density at radius 3 is 2.47 bits per heavy atom. The summed E-state index contributed by atoms with van der Waals surface area (Å²) >= 11 is 1.78. The van der Waals surface area contributed by atoms with Crippen molar-refractivity contribution in [2.75, 3.05) is 19.3 Å². The molecule has 2 heteroatoms. The van der Waals surface area contributed by atoms with E-state index in [4.69, 9.17) is 0 Å². The van der Waals surface area contributed by atoms with Gasteiger partial charge in [-0.2, -0.15) is 0 Å². The summed E-state index contributed by atoms with van der Waals surface area (Å²) in [6.45, 7) is 8.69. The van der Waals surface area contributed by atoms with Crippen molar-refractivity contribution in [1.82, 2.24) is 5.32 Å². The smallest absolute Gasteiger partial charge is 0.0165 e. The first-order chi connectivity index (χ1) is 8.11. The van der Waals surface area contributed by atoms with Gasteiger partial charge in [0, 0.05) is 11.4 Å². The van der Waals surface area contributed by atoms with Crippen LogP contribution in [0.15, 0.2) is 34.7 Å². The van der Waals surface area contributed by atoms with E-state index in [1.165, 1.54) is 16.0 Å². The summed E-state index contributed by atoms with van der Waals surface area (Å²) < 4.78 is 0. The van der Waals surface area contributed by atoms with E-state index in [-0.39, 0.29) is 0 Å². The maximum atomic E-state index is 3.45. The van der Waals surface area contributed by atoms with Crippen molar-refractivity contribution in [3.63, 3.8) is 0 Å². The van der Waals surface area contributed by atoms with Gasteiger partial charge in [0.15, 0.2) is 0 Å². The summed E-state index contributed by atoms with van der Waals surface area (Å²) in [4.78, 5) is 1.32. The average molecular weight is 249 g/mol. The predicted molar refractivity (Wildman–Crippen MR) is 79.6 cm³/mol. The van der Waals surface area contributed by atoms with E-state index < -0.39 is 0 Å². The van der Waals surface area contributed by atoms with Gasteiger partial charge in [0.1, 0.15) is 0 Å². The highest BCUT2D eigenvalue weighted by Crippen LogP contribution is 2.16. The molecular weight excluding hydrogens is 226 g/mol. The lowest BCUT2D eigenvalue weighted by molar-refractivity contribution is 0.572. The fourth-order valence-corrected chi connectivity index (χ4v) is 2.00. The highest BCUT2D eigenvalue weighted by Gasteiger charge is 1.95. The first kappa shape index (κ1) is 14.3. The normalized spacial score (nSPS) is 12.2. The first-order valence-electron chi connectivity index (χ1n) is 6.13. The van der Waals surface area contributed by atoms with Gasteiger partial charge in [-0.25, -0.2) is 0 Å². The van der Waals surface area contributed by atoms with Gasteiger partial charge in [-0.1, -0.05) is 37.6 Å². The summed E-state index contributed by atoms with van der Waals surface area (Å²) in [5.41, 5.74) is 2.66. The minimum Gasteiger partial charge on any atom is -0.313 e. The average Bonchev–Trinajstić information content (AvgIpc) is 2.29. The molecule has 1 aromatic carbocycles. The van der Waals surface area contributed by atoms with E-state index in [0.717, 1.165) is 13.1 Å². The fourth-order valence-electron chi connectivity index (χ4n) is 1.59. The van der Waals surface area contributed by atoms with Crippen LogP contribution in [0.25, 0.3) is 6.08 Å². The van der Waals surface area contributed by atoms with E-state index >= 15 is 0 Å². The molecule has 1 nitrogen and oxygen atoms in total. The molecule has 0 radical (unpaired) electrons. The number of hydrogen-bond acceptors (Lipinski definition) is 2. The zero-order valence-electron chi connectivity index (χ0n) is 11.3. The molecule has 0 unspecified atom stereocenters. The highest BCUT2D eigenvalue weighted by molar-refractivity contribution is 7.98. The second-order valence-electron chi connectivity index (χ2n) is 4.79. The van der Waals surface area contributed by atoms with Crippen LogP contribution in [0.1, 0.15) is 26.3 Å². The minimum atomic E-state index is 0.712. The third kappa shape index (κ3) is 5.94. The summed E-state index contributed by atoms with van der Waals surface area (Å²) in [5, 5.41) is 3.45. The minimum absolute atomic E-state index is 0.712. The molecule has 1 rings (SSSR count). The van der Waals surface area contributed by atoms with Crippen LogP contribution in [0.3, 0.4) is 0 Å². The van der Waals surface area contributed by atoms with Crippen molar-refractivity contribution in [3.8, 4) is 0 Å². The number of benzene rings is 1. The van der Waals surface area contributed by atoms with Gasteiger partial charge in [0.05, 0.1) is 0 Å². The second kappa shape index (κ2) is 7.57. The van der Waals surface area contributed by atoms with Crippen LogP contribution in [0.4, 0.5) is 0 Å². The Morgan fingerprint density at radius 2 is 1.94 bits per heavy atom. The summed E-state index contributed by atoms with van der Waals surface area (Å²) in [6, 6.07) is 8.70. The first-order valence-corrected chi connectivity index (χ1v) is 7.36. The maximum Gasteiger partial charge on any atom is 0.0165 e. The Balaban J connectivity index is 2.49. The van der Waals surface area contributed by atoms with Crippen LogP contribution in [0.5, 0.6) is 0 Å². The topological polar surface area (TPSA) is 12.0 Å². The van der Waals surface area contributed by atoms with E-state index in [2.05, 4.69) is 62.7 Å². The Bertz CT molecular complexity index is 352. The van der Waals surface area contributed by atoms with Gasteiger partial charge in [0.25, 0.3) is 0 Å². The van der Waals surface area contributed by atoms with Crippen molar-refractivity contribution >= 4 is 17.8 Å². The number of hydrogen-bond donors (Lipinski definition) is 1. The van der Waals surface area contributed by atoms with Crippen molar-refractivity contribution in [1.29, 1.82) is 0 Å². The van der Waals surface area contributed by atoms with Gasteiger partial charge >= 0.3 is 0 Å². The van der Waals surface area contributed by atoms with Gasteiger partial charge in [0.2, 0.25) is 0 Å². The zero-order valence-corrected chi connectivity index (χ0v) is 12.1. The molecule has 0 aliphatic rings. The van der Waals surface area contributed by atoms with Gasteiger partial charge < -0.3 is 5.32 Å². The quantitative estimate of drug-likeness (QED) is 0.763. The molecule has 17 heavy (non-hydrogen) atoms. The number of thioether (sulfide) groups is 1. The Morgan fingerprint density at radius 1 is 1.29 bits per heavy atom. The van der Waals surface area contributed by atoms with Crippen LogP contribution >= 0.6 is 11.8 Å². The molecule has 0 aromatic heterocycles. The standard InChI is InChI=1S/C15H23NS/c1-12(2)10-16-11-13(3)9-14-5-7-15(17-4)8-6-14/h5-9,12,16H,10-11H2,1-4H3. The van der Waals surface area contributed by atoms with Crippen molar-refractivity contribution < 1.29 is 0 Å². The van der Waals surface area contributed by atoms with Gasteiger partial charge in [-0.15, -0.1) is 11.8 Å². The molecule has 1 N–H and O–H groups in total. The van der Waals surface area contributed by atoms with Crippen molar-refractivity contribution in [3.05, 3.63) is 35.4 Å². The molecule has 0 aliphatic carbocycles. The highest BCUT2D eigenvalue weighted by atomic mass is 32.2. The SMILES string of the molecule is CSc1ccc(C=C(C)CNCC(C)C)cc1. The second-order valence-corrected chi connectivity index (χ2v) is 5.67. The molecule has 0 saturated carbocycles. The Labute approximate surface area is 110 Å². The lowest BCUT2D eigenvalue weighted by atomic mass is 10.1. The predicted octanol–water partition coefficient (Wildman–Crippen LogP) is 4.06. The maximum absolute atomic E-state index is 3.45. The summed E-state index contributed by atoms with van der Waals surface area (Å²) in [7, 11) is 0. The summed E-state index contributed by atoms with van der Waals surface area (Å²) in [6.07, 6.45) is 4.35. The Hall–Kier alpha value is -0.730. The molecule has 0 saturated heterocycles. The third-order valence-electron chi connectivity index (χ3n) is 2.49. The number of nitrogens with one attached hydrogen (secondary N) is 1. The molecule has 1 aromatic rings. The van der Waals surface area contributed by atoms with Crippen LogP contribution in [-0.2, 0) is 0 Å². The molecular formula is C15H23NS. The van der Waals surface area contributed by atoms with Gasteiger partial charge in [-0.05, 0) is 43.3 Å². The zero-order chi connectivity index (χ0) is 12.7. The largest absolute Gasteiger partial charge is 0.313 e. The van der Waals surface area contributed by atoms with E-state index in [0.29, 0.717) is 5.92 Å². The third-order valence-corrected chi connectivity index (χ3v) is 3.23. The van der Waals surface area contributed by atoms with E-state index in [1.807, 2.05) is 0 Å². The Kier molecular flexibility index (Phi) is 6.38. The van der Waals surface area contributed by atoms with Crippen molar-refractivity contribution in [2.45, 2.75) is 25.7 Å². The molecule has 0 fully saturated rings. The molecule has 0 heterocycles. The molecule has 0 atom stereocenters. The molecule has 0 amide bonds. The lowest BCUT2D eigenvalue weighted by Crippen LogP contribution is -2.21. The molecule has 0 aliphatic heterocycles. The molecule has 94 valence electrons. The van der Waals surface area contributed by atoms with Crippen LogP contribution < -0.4 is 5.32 Å². The summed E-state index contributed by atoms with van der Waals surface area (Å²) in [5.74, 6) is 0.712. The number of rotatable bonds is 6. The van der Waals surface area contributed by atoms with Crippen LogP contribution in [0.2, 0.25) is 0 Å². The molecule has 0 bridgehead atoms. The van der Waals surface area contributed by atoms with Gasteiger partial charge in [-0.3, -0.25) is 0 Å². The van der Waals surface area contributed by atoms with Crippen LogP contribution in [0, 0.1) is 5.92 Å². The van der Waals surface area contributed by atoms with E-state index in [1.54, 1.807) is 11.8 Å². The van der Waals surface area contributed by atoms with Crippen molar-refractivity contribution in [2.24, 2.45) is 5.92 Å². The fraction of sp³-hybridized carbons (Fsp3) is 0.467.